The minimum Gasteiger partial charge on any atom is -0.354 e. The fraction of sp³-hybridized carbons (Fsp3) is 0.591. The van der Waals surface area contributed by atoms with Gasteiger partial charge in [0.1, 0.15) is 16.5 Å². The molecule has 8 heteroatoms. The maximum atomic E-state index is 5.15. The fourth-order valence-electron chi connectivity index (χ4n) is 4.52. The molecule has 2 aliphatic heterocycles. The van der Waals surface area contributed by atoms with Crippen LogP contribution < -0.4 is 9.80 Å². The van der Waals surface area contributed by atoms with Gasteiger partial charge in [-0.05, 0) is 58.7 Å². The average molecular weight is 443 g/mol. The highest BCUT2D eigenvalue weighted by Crippen LogP contribution is 2.36. The van der Waals surface area contributed by atoms with Gasteiger partial charge in [0.15, 0.2) is 5.13 Å². The molecular weight excluding hydrogens is 412 g/mol. The lowest BCUT2D eigenvalue weighted by atomic mass is 10.2. The van der Waals surface area contributed by atoms with Crippen LogP contribution in [0.4, 0.5) is 10.9 Å². The van der Waals surface area contributed by atoms with Gasteiger partial charge in [0.2, 0.25) is 0 Å². The molecule has 2 saturated heterocycles. The van der Waals surface area contributed by atoms with Gasteiger partial charge >= 0.3 is 0 Å². The van der Waals surface area contributed by atoms with Gasteiger partial charge in [0, 0.05) is 36.4 Å². The summed E-state index contributed by atoms with van der Waals surface area (Å²) in [6, 6.07) is 0. The summed E-state index contributed by atoms with van der Waals surface area (Å²) >= 11 is 3.58. The second-order valence-electron chi connectivity index (χ2n) is 8.51. The lowest BCUT2D eigenvalue weighted by Gasteiger charge is -2.24. The summed E-state index contributed by atoms with van der Waals surface area (Å²) in [6.07, 6.45) is 3.71. The lowest BCUT2D eigenvalue weighted by molar-refractivity contribution is 0.323. The van der Waals surface area contributed by atoms with Crippen LogP contribution in [0.1, 0.15) is 41.2 Å². The summed E-state index contributed by atoms with van der Waals surface area (Å²) in [5.74, 6) is 2.13. The highest BCUT2D eigenvalue weighted by Gasteiger charge is 2.24. The van der Waals surface area contributed by atoms with E-state index in [1.165, 1.54) is 41.8 Å². The Morgan fingerprint density at radius 2 is 1.63 bits per heavy atom. The van der Waals surface area contributed by atoms with E-state index in [0.29, 0.717) is 0 Å². The van der Waals surface area contributed by atoms with E-state index in [1.807, 2.05) is 11.3 Å². The van der Waals surface area contributed by atoms with E-state index in [9.17, 15) is 0 Å². The third kappa shape index (κ3) is 3.92. The van der Waals surface area contributed by atoms with Gasteiger partial charge in [0.05, 0.1) is 17.6 Å². The Bertz CT molecular complexity index is 1040. The monoisotopic (exact) mass is 442 g/mol. The van der Waals surface area contributed by atoms with Crippen LogP contribution in [-0.2, 0) is 6.54 Å². The van der Waals surface area contributed by atoms with Gasteiger partial charge < -0.3 is 9.80 Å². The van der Waals surface area contributed by atoms with Crippen molar-refractivity contribution in [3.05, 3.63) is 27.3 Å². The molecule has 0 spiro atoms. The summed E-state index contributed by atoms with van der Waals surface area (Å²) in [5.41, 5.74) is 2.46. The van der Waals surface area contributed by atoms with Crippen molar-refractivity contribution >= 4 is 43.8 Å². The Hall–Kier alpha value is -1.77. The number of thiophene rings is 1. The Kier molecular flexibility index (Phi) is 5.64. The van der Waals surface area contributed by atoms with Crippen LogP contribution in [0.2, 0.25) is 0 Å². The number of likely N-dealkylation sites (tertiary alicyclic amines) is 1. The maximum Gasteiger partial charge on any atom is 0.185 e. The highest BCUT2D eigenvalue weighted by atomic mass is 32.1. The van der Waals surface area contributed by atoms with Crippen molar-refractivity contribution in [2.75, 3.05) is 49.1 Å². The molecule has 2 aliphatic rings. The second-order valence-corrected chi connectivity index (χ2v) is 10.5. The molecule has 0 aromatic carbocycles. The van der Waals surface area contributed by atoms with Crippen LogP contribution in [-0.4, -0.2) is 59.1 Å². The highest BCUT2D eigenvalue weighted by molar-refractivity contribution is 7.18. The molecule has 0 N–H and O–H groups in total. The molecule has 6 nitrogen and oxygen atoms in total. The number of thiazole rings is 1. The minimum atomic E-state index is 0.872. The van der Waals surface area contributed by atoms with Gasteiger partial charge in [-0.1, -0.05) is 0 Å². The van der Waals surface area contributed by atoms with Crippen molar-refractivity contribution in [2.45, 2.75) is 46.6 Å². The van der Waals surface area contributed by atoms with Crippen molar-refractivity contribution in [1.29, 1.82) is 0 Å². The zero-order chi connectivity index (χ0) is 20.7. The summed E-state index contributed by atoms with van der Waals surface area (Å²) in [6.45, 7) is 13.8. The number of aryl methyl sites for hydroxylation is 3. The normalized spacial score (nSPS) is 18.5. The smallest absolute Gasteiger partial charge is 0.185 e. The molecule has 0 unspecified atom stereocenters. The number of nitrogens with zero attached hydrogens (tertiary/aromatic N) is 6. The van der Waals surface area contributed by atoms with Crippen LogP contribution in [0.15, 0.2) is 5.38 Å². The van der Waals surface area contributed by atoms with Gasteiger partial charge in [-0.25, -0.2) is 15.0 Å². The number of aromatic nitrogens is 3. The maximum absolute atomic E-state index is 5.15. The van der Waals surface area contributed by atoms with E-state index in [4.69, 9.17) is 15.0 Å². The molecule has 5 heterocycles. The molecule has 0 bridgehead atoms. The first-order valence-corrected chi connectivity index (χ1v) is 12.7. The third-order valence-corrected chi connectivity index (χ3v) is 8.41. The van der Waals surface area contributed by atoms with Gasteiger partial charge in [-0.2, -0.15) is 0 Å². The largest absolute Gasteiger partial charge is 0.354 e. The topological polar surface area (TPSA) is 48.4 Å². The van der Waals surface area contributed by atoms with Crippen LogP contribution in [0.5, 0.6) is 0 Å². The molecular formula is C22H30N6S2. The lowest BCUT2D eigenvalue weighted by Crippen LogP contribution is -2.31. The number of hydrogen-bond donors (Lipinski definition) is 0. The molecule has 0 aliphatic carbocycles. The minimum absolute atomic E-state index is 0.872. The van der Waals surface area contributed by atoms with Crippen LogP contribution in [0.3, 0.4) is 0 Å². The SMILES string of the molecule is Cc1csc(N2CCCN(c3nc(CN4CCCC4)nc4sc(C)c(C)c34)CC2)n1. The molecule has 3 aromatic heterocycles. The predicted octanol–water partition coefficient (Wildman–Crippen LogP) is 4.39. The van der Waals surface area contributed by atoms with Crippen molar-refractivity contribution in [1.82, 2.24) is 19.9 Å². The van der Waals surface area contributed by atoms with Gasteiger partial charge in [-0.3, -0.25) is 4.90 Å². The number of anilines is 2. The molecule has 0 saturated carbocycles. The Morgan fingerprint density at radius 3 is 2.40 bits per heavy atom. The Labute approximate surface area is 186 Å². The standard InChI is InChI=1S/C22H30N6S2/c1-15-14-29-22(23-15)28-10-6-9-27(11-12-28)20-19-16(2)17(3)30-21(19)25-18(24-20)13-26-7-4-5-8-26/h14H,4-13H2,1-3H3. The first kappa shape index (κ1) is 20.2. The van der Waals surface area contributed by atoms with E-state index < -0.39 is 0 Å². The molecule has 0 atom stereocenters. The van der Waals surface area contributed by atoms with Crippen molar-refractivity contribution in [3.63, 3.8) is 0 Å². The van der Waals surface area contributed by atoms with E-state index in [2.05, 4.69) is 40.9 Å². The van der Waals surface area contributed by atoms with Gasteiger partial charge in [0.25, 0.3) is 0 Å². The summed E-state index contributed by atoms with van der Waals surface area (Å²) in [7, 11) is 0. The second kappa shape index (κ2) is 8.40. The van der Waals surface area contributed by atoms with E-state index >= 15 is 0 Å². The first-order valence-electron chi connectivity index (χ1n) is 11.0. The number of hydrogen-bond acceptors (Lipinski definition) is 8. The number of fused-ring (bicyclic) bond motifs is 1. The van der Waals surface area contributed by atoms with Crippen molar-refractivity contribution in [3.8, 4) is 0 Å². The van der Waals surface area contributed by atoms with E-state index in [0.717, 1.165) is 66.4 Å². The molecule has 30 heavy (non-hydrogen) atoms. The zero-order valence-electron chi connectivity index (χ0n) is 18.1. The van der Waals surface area contributed by atoms with Crippen molar-refractivity contribution < 1.29 is 0 Å². The third-order valence-electron chi connectivity index (χ3n) is 6.29. The number of rotatable bonds is 4. The average Bonchev–Trinajstić information content (AvgIpc) is 3.40. The molecule has 0 amide bonds. The predicted molar refractivity (Wildman–Crippen MR) is 127 cm³/mol. The zero-order valence-corrected chi connectivity index (χ0v) is 19.8. The van der Waals surface area contributed by atoms with Crippen LogP contribution in [0.25, 0.3) is 10.2 Å². The Balaban J connectivity index is 1.45. The summed E-state index contributed by atoms with van der Waals surface area (Å²) in [5, 5.41) is 4.56. The van der Waals surface area contributed by atoms with E-state index in [-0.39, 0.29) is 0 Å². The van der Waals surface area contributed by atoms with E-state index in [1.54, 1.807) is 11.3 Å². The quantitative estimate of drug-likeness (QED) is 0.597. The molecule has 3 aromatic rings. The molecule has 5 rings (SSSR count). The molecule has 160 valence electrons. The first-order chi connectivity index (χ1) is 14.6. The summed E-state index contributed by atoms with van der Waals surface area (Å²) in [4.78, 5) is 24.8. The Morgan fingerprint density at radius 1 is 0.867 bits per heavy atom. The van der Waals surface area contributed by atoms with Crippen LogP contribution in [0, 0.1) is 20.8 Å². The molecule has 2 fully saturated rings. The van der Waals surface area contributed by atoms with Crippen molar-refractivity contribution in [2.24, 2.45) is 0 Å². The summed E-state index contributed by atoms with van der Waals surface area (Å²) < 4.78 is 0. The molecule has 0 radical (unpaired) electrons. The van der Waals surface area contributed by atoms with Crippen LogP contribution >= 0.6 is 22.7 Å². The fourth-order valence-corrected chi connectivity index (χ4v) is 6.42. The van der Waals surface area contributed by atoms with Gasteiger partial charge in [-0.15, -0.1) is 22.7 Å².